The molecule has 0 aromatic heterocycles. The van der Waals surface area contributed by atoms with E-state index >= 15 is 0 Å². The maximum absolute atomic E-state index is 13.5. The SMILES string of the molecule is C[C@H]1Cc2c(ccc(Br)c2F)[C@H]1O. The van der Waals surface area contributed by atoms with Crippen molar-refractivity contribution in [3.8, 4) is 0 Å². The van der Waals surface area contributed by atoms with Crippen LogP contribution in [0.25, 0.3) is 0 Å². The second-order valence-corrected chi connectivity index (χ2v) is 4.41. The lowest BCUT2D eigenvalue weighted by Gasteiger charge is -2.07. The minimum atomic E-state index is -0.502. The molecule has 2 atom stereocenters. The average Bonchev–Trinajstić information content (AvgIpc) is 2.38. The fraction of sp³-hybridized carbons (Fsp3) is 0.400. The summed E-state index contributed by atoms with van der Waals surface area (Å²) in [6, 6.07) is 3.44. The van der Waals surface area contributed by atoms with E-state index < -0.39 is 6.10 Å². The van der Waals surface area contributed by atoms with Crippen LogP contribution in [0.5, 0.6) is 0 Å². The highest BCUT2D eigenvalue weighted by atomic mass is 79.9. The summed E-state index contributed by atoms with van der Waals surface area (Å²) in [4.78, 5) is 0. The number of hydrogen-bond acceptors (Lipinski definition) is 1. The fourth-order valence-corrected chi connectivity index (χ4v) is 2.20. The molecule has 0 bridgehead atoms. The molecule has 1 nitrogen and oxygen atoms in total. The summed E-state index contributed by atoms with van der Waals surface area (Å²) in [6.07, 6.45) is 0.125. The lowest BCUT2D eigenvalue weighted by molar-refractivity contribution is 0.133. The molecule has 0 heterocycles. The molecular formula is C10H10BrFO. The second kappa shape index (κ2) is 3.07. The Balaban J connectivity index is 2.57. The van der Waals surface area contributed by atoms with Crippen molar-refractivity contribution in [2.24, 2.45) is 5.92 Å². The first kappa shape index (κ1) is 9.16. The molecule has 0 amide bonds. The summed E-state index contributed by atoms with van der Waals surface area (Å²) >= 11 is 3.13. The molecule has 0 saturated carbocycles. The first-order valence-electron chi connectivity index (χ1n) is 4.26. The molecule has 1 aromatic rings. The molecule has 0 unspecified atom stereocenters. The van der Waals surface area contributed by atoms with E-state index in [1.54, 1.807) is 12.1 Å². The van der Waals surface area contributed by atoms with Gasteiger partial charge in [0, 0.05) is 0 Å². The topological polar surface area (TPSA) is 20.2 Å². The molecular weight excluding hydrogens is 235 g/mol. The summed E-state index contributed by atoms with van der Waals surface area (Å²) < 4.78 is 14.0. The summed E-state index contributed by atoms with van der Waals surface area (Å²) in [5, 5.41) is 9.68. The van der Waals surface area contributed by atoms with Crippen molar-refractivity contribution in [1.82, 2.24) is 0 Å². The Kier molecular flexibility index (Phi) is 2.16. The van der Waals surface area contributed by atoms with Gasteiger partial charge in [0.2, 0.25) is 0 Å². The molecule has 0 spiro atoms. The molecule has 0 saturated heterocycles. The number of aliphatic hydroxyl groups is 1. The molecule has 0 fully saturated rings. The van der Waals surface area contributed by atoms with E-state index in [1.165, 1.54) is 0 Å². The molecule has 13 heavy (non-hydrogen) atoms. The Labute approximate surface area is 84.7 Å². The lowest BCUT2D eigenvalue weighted by Crippen LogP contribution is -2.00. The second-order valence-electron chi connectivity index (χ2n) is 3.56. The highest BCUT2D eigenvalue weighted by Crippen LogP contribution is 2.38. The van der Waals surface area contributed by atoms with Gasteiger partial charge in [-0.3, -0.25) is 0 Å². The van der Waals surface area contributed by atoms with Crippen LogP contribution in [0.4, 0.5) is 4.39 Å². The third-order valence-corrected chi connectivity index (χ3v) is 3.23. The Morgan fingerprint density at radius 3 is 2.92 bits per heavy atom. The van der Waals surface area contributed by atoms with Crippen molar-refractivity contribution in [2.45, 2.75) is 19.4 Å². The van der Waals surface area contributed by atoms with Crippen LogP contribution in [-0.2, 0) is 6.42 Å². The van der Waals surface area contributed by atoms with Crippen LogP contribution in [0, 0.1) is 11.7 Å². The van der Waals surface area contributed by atoms with Gasteiger partial charge in [0.1, 0.15) is 5.82 Å². The quantitative estimate of drug-likeness (QED) is 0.745. The van der Waals surface area contributed by atoms with Crippen molar-refractivity contribution in [3.05, 3.63) is 33.5 Å². The standard InChI is InChI=1S/C10H10BrFO/c1-5-4-7-6(10(5)13)2-3-8(11)9(7)12/h2-3,5,10,13H,4H2,1H3/t5-,10-/m0/s1. The molecule has 1 aromatic carbocycles. The molecule has 3 heteroatoms. The normalized spacial score (nSPS) is 26.2. The Morgan fingerprint density at radius 2 is 2.23 bits per heavy atom. The third-order valence-electron chi connectivity index (χ3n) is 2.62. The largest absolute Gasteiger partial charge is 0.388 e. The maximum Gasteiger partial charge on any atom is 0.140 e. The zero-order valence-corrected chi connectivity index (χ0v) is 8.81. The molecule has 1 N–H and O–H groups in total. The van der Waals surface area contributed by atoms with E-state index in [2.05, 4.69) is 15.9 Å². The molecule has 1 aliphatic rings. The molecule has 0 aliphatic heterocycles. The number of benzene rings is 1. The summed E-state index contributed by atoms with van der Waals surface area (Å²) in [7, 11) is 0. The van der Waals surface area contributed by atoms with Crippen molar-refractivity contribution >= 4 is 15.9 Å². The van der Waals surface area contributed by atoms with E-state index in [-0.39, 0.29) is 11.7 Å². The maximum atomic E-state index is 13.5. The van der Waals surface area contributed by atoms with E-state index in [0.717, 1.165) is 5.56 Å². The number of rotatable bonds is 0. The first-order chi connectivity index (χ1) is 6.11. The van der Waals surface area contributed by atoms with Crippen molar-refractivity contribution in [3.63, 3.8) is 0 Å². The van der Waals surface area contributed by atoms with Crippen LogP contribution in [-0.4, -0.2) is 5.11 Å². The monoisotopic (exact) mass is 244 g/mol. The van der Waals surface area contributed by atoms with E-state index in [0.29, 0.717) is 16.5 Å². The smallest absolute Gasteiger partial charge is 0.140 e. The number of fused-ring (bicyclic) bond motifs is 1. The van der Waals surface area contributed by atoms with Gasteiger partial charge in [-0.2, -0.15) is 0 Å². The first-order valence-corrected chi connectivity index (χ1v) is 5.05. The van der Waals surface area contributed by atoms with Crippen molar-refractivity contribution < 1.29 is 9.50 Å². The Hall–Kier alpha value is -0.410. The third kappa shape index (κ3) is 1.30. The predicted molar refractivity (Wildman–Crippen MR) is 51.9 cm³/mol. The van der Waals surface area contributed by atoms with E-state index in [9.17, 15) is 9.50 Å². The molecule has 70 valence electrons. The molecule has 0 radical (unpaired) electrons. The van der Waals surface area contributed by atoms with Crippen LogP contribution < -0.4 is 0 Å². The van der Waals surface area contributed by atoms with Crippen molar-refractivity contribution in [1.29, 1.82) is 0 Å². The summed E-state index contributed by atoms with van der Waals surface area (Å²) in [5.74, 6) is -0.0975. The highest BCUT2D eigenvalue weighted by molar-refractivity contribution is 9.10. The summed E-state index contributed by atoms with van der Waals surface area (Å²) in [5.41, 5.74) is 1.41. The van der Waals surface area contributed by atoms with Crippen LogP contribution in [0.3, 0.4) is 0 Å². The van der Waals surface area contributed by atoms with E-state index in [4.69, 9.17) is 0 Å². The van der Waals surface area contributed by atoms with Gasteiger partial charge in [0.25, 0.3) is 0 Å². The van der Waals surface area contributed by atoms with Crippen LogP contribution in [0.2, 0.25) is 0 Å². The molecule has 2 rings (SSSR count). The minimum absolute atomic E-state index is 0.124. The highest BCUT2D eigenvalue weighted by Gasteiger charge is 2.30. The average molecular weight is 245 g/mol. The predicted octanol–water partition coefficient (Wildman–Crippen LogP) is 2.81. The van der Waals surface area contributed by atoms with Crippen LogP contribution in [0.15, 0.2) is 16.6 Å². The summed E-state index contributed by atoms with van der Waals surface area (Å²) in [6.45, 7) is 1.93. The zero-order valence-electron chi connectivity index (χ0n) is 7.22. The number of hydrogen-bond donors (Lipinski definition) is 1. The lowest BCUT2D eigenvalue weighted by atomic mass is 10.1. The van der Waals surface area contributed by atoms with Gasteiger partial charge in [-0.05, 0) is 45.5 Å². The minimum Gasteiger partial charge on any atom is -0.388 e. The van der Waals surface area contributed by atoms with Crippen molar-refractivity contribution in [2.75, 3.05) is 0 Å². The van der Waals surface area contributed by atoms with Gasteiger partial charge in [-0.1, -0.05) is 13.0 Å². The van der Waals surface area contributed by atoms with Crippen LogP contribution in [0.1, 0.15) is 24.2 Å². The molecule has 1 aliphatic carbocycles. The van der Waals surface area contributed by atoms with Gasteiger partial charge in [0.05, 0.1) is 10.6 Å². The van der Waals surface area contributed by atoms with Gasteiger partial charge in [0.15, 0.2) is 0 Å². The fourth-order valence-electron chi connectivity index (χ4n) is 1.83. The van der Waals surface area contributed by atoms with E-state index in [1.807, 2.05) is 6.92 Å². The number of halogens is 2. The Bertz CT molecular complexity index is 351. The number of aliphatic hydroxyl groups excluding tert-OH is 1. The Morgan fingerprint density at radius 1 is 1.54 bits per heavy atom. The van der Waals surface area contributed by atoms with Gasteiger partial charge in [-0.25, -0.2) is 4.39 Å². The van der Waals surface area contributed by atoms with Crippen LogP contribution >= 0.6 is 15.9 Å². The van der Waals surface area contributed by atoms with Gasteiger partial charge >= 0.3 is 0 Å². The van der Waals surface area contributed by atoms with Gasteiger partial charge < -0.3 is 5.11 Å². The zero-order chi connectivity index (χ0) is 9.59. The van der Waals surface area contributed by atoms with Gasteiger partial charge in [-0.15, -0.1) is 0 Å².